The maximum atomic E-state index is 11.8. The van der Waals surface area contributed by atoms with Gasteiger partial charge in [-0.15, -0.1) is 0 Å². The van der Waals surface area contributed by atoms with Crippen LogP contribution in [0.5, 0.6) is 0 Å². The van der Waals surface area contributed by atoms with Crippen LogP contribution < -0.4 is 5.32 Å². The van der Waals surface area contributed by atoms with Crippen molar-refractivity contribution in [2.45, 2.75) is 25.8 Å². The fourth-order valence-corrected chi connectivity index (χ4v) is 1.80. The first-order valence-electron chi connectivity index (χ1n) is 5.97. The second kappa shape index (κ2) is 5.51. The van der Waals surface area contributed by atoms with Crippen molar-refractivity contribution in [2.24, 2.45) is 0 Å². The molecule has 1 heterocycles. The third kappa shape index (κ3) is 2.90. The van der Waals surface area contributed by atoms with E-state index in [0.717, 1.165) is 5.39 Å². The molecule has 1 amide bonds. The number of fused-ring (bicyclic) bond motifs is 1. The Kier molecular flexibility index (Phi) is 3.79. The summed E-state index contributed by atoms with van der Waals surface area (Å²) in [5, 5.41) is 15.9. The molecule has 0 saturated heterocycles. The van der Waals surface area contributed by atoms with E-state index in [1.54, 1.807) is 13.0 Å². The van der Waals surface area contributed by atoms with Crippen molar-refractivity contribution in [3.8, 4) is 0 Å². The Morgan fingerprint density at radius 1 is 1.42 bits per heavy atom. The predicted molar refractivity (Wildman–Crippen MR) is 67.6 cm³/mol. The van der Waals surface area contributed by atoms with Gasteiger partial charge in [-0.2, -0.15) is 0 Å². The van der Waals surface area contributed by atoms with Crippen molar-refractivity contribution in [3.63, 3.8) is 0 Å². The third-order valence-electron chi connectivity index (χ3n) is 2.82. The highest BCUT2D eigenvalue weighted by molar-refractivity contribution is 5.88. The summed E-state index contributed by atoms with van der Waals surface area (Å²) >= 11 is 0. The van der Waals surface area contributed by atoms with Crippen molar-refractivity contribution in [1.29, 1.82) is 0 Å². The van der Waals surface area contributed by atoms with Crippen molar-refractivity contribution >= 4 is 22.8 Å². The van der Waals surface area contributed by atoms with Crippen molar-refractivity contribution < 1.29 is 19.2 Å². The van der Waals surface area contributed by atoms with Gasteiger partial charge in [0.1, 0.15) is 11.7 Å². The molecule has 2 N–H and O–H groups in total. The average Bonchev–Trinajstić information content (AvgIpc) is 2.79. The monoisotopic (exact) mass is 262 g/mol. The molecule has 0 spiro atoms. The Labute approximate surface area is 109 Å². The van der Waals surface area contributed by atoms with Gasteiger partial charge in [0.15, 0.2) is 5.58 Å². The highest BCUT2D eigenvalue weighted by atomic mass is 16.5. The van der Waals surface area contributed by atoms with Crippen molar-refractivity contribution in [1.82, 2.24) is 10.5 Å². The Morgan fingerprint density at radius 3 is 2.84 bits per heavy atom. The molecule has 0 saturated carbocycles. The number of hydrogen-bond donors (Lipinski definition) is 2. The van der Waals surface area contributed by atoms with E-state index in [0.29, 0.717) is 17.7 Å². The number of carboxylic acids is 1. The van der Waals surface area contributed by atoms with Gasteiger partial charge in [0.05, 0.1) is 6.42 Å². The molecule has 1 aromatic heterocycles. The Morgan fingerprint density at radius 2 is 2.16 bits per heavy atom. The summed E-state index contributed by atoms with van der Waals surface area (Å²) in [5.41, 5.74) is 1.11. The van der Waals surface area contributed by atoms with Crippen LogP contribution >= 0.6 is 0 Å². The van der Waals surface area contributed by atoms with E-state index in [1.165, 1.54) is 0 Å². The quantitative estimate of drug-likeness (QED) is 0.848. The van der Waals surface area contributed by atoms with Crippen LogP contribution in [-0.2, 0) is 16.0 Å². The fraction of sp³-hybridized carbons (Fsp3) is 0.308. The standard InChI is InChI=1S/C13H14N2O4/c1-2-9(13(17)18)14-12(16)7-10-8-5-3-4-6-11(8)19-15-10/h3-6,9H,2,7H2,1H3,(H,14,16)(H,17,18)/t9-/m0/s1. The zero-order valence-corrected chi connectivity index (χ0v) is 10.4. The highest BCUT2D eigenvalue weighted by Crippen LogP contribution is 2.17. The van der Waals surface area contributed by atoms with Crippen LogP contribution in [0.1, 0.15) is 19.0 Å². The molecule has 2 rings (SSSR count). The Balaban J connectivity index is 2.09. The largest absolute Gasteiger partial charge is 0.480 e. The lowest BCUT2D eigenvalue weighted by molar-refractivity contribution is -0.141. The van der Waals surface area contributed by atoms with Gasteiger partial charge in [-0.1, -0.05) is 24.2 Å². The molecule has 0 aliphatic carbocycles. The summed E-state index contributed by atoms with van der Waals surface area (Å²) in [6.45, 7) is 1.70. The number of nitrogens with one attached hydrogen (secondary N) is 1. The summed E-state index contributed by atoms with van der Waals surface area (Å²) < 4.78 is 5.08. The molecule has 0 aliphatic rings. The molecule has 1 aromatic carbocycles. The lowest BCUT2D eigenvalue weighted by Gasteiger charge is -2.11. The molecule has 0 fully saturated rings. The second-order valence-electron chi connectivity index (χ2n) is 4.17. The van der Waals surface area contributed by atoms with E-state index in [4.69, 9.17) is 9.63 Å². The predicted octanol–water partition coefficient (Wildman–Crippen LogP) is 1.35. The lowest BCUT2D eigenvalue weighted by atomic mass is 10.1. The molecule has 19 heavy (non-hydrogen) atoms. The van der Waals surface area contributed by atoms with Crippen LogP contribution in [0.15, 0.2) is 28.8 Å². The lowest BCUT2D eigenvalue weighted by Crippen LogP contribution is -2.41. The molecular weight excluding hydrogens is 248 g/mol. The van der Waals surface area contributed by atoms with Gasteiger partial charge < -0.3 is 14.9 Å². The van der Waals surface area contributed by atoms with Crippen LogP contribution in [0.2, 0.25) is 0 Å². The number of aliphatic carboxylic acids is 1. The number of carbonyl (C=O) groups excluding carboxylic acids is 1. The number of carbonyl (C=O) groups is 2. The van der Waals surface area contributed by atoms with E-state index in [2.05, 4.69) is 10.5 Å². The molecule has 6 nitrogen and oxygen atoms in total. The van der Waals surface area contributed by atoms with Crippen LogP contribution in [0.25, 0.3) is 11.0 Å². The van der Waals surface area contributed by atoms with Gasteiger partial charge in [0, 0.05) is 5.39 Å². The van der Waals surface area contributed by atoms with Gasteiger partial charge in [-0.25, -0.2) is 4.79 Å². The minimum atomic E-state index is -1.04. The normalized spacial score (nSPS) is 12.3. The average molecular weight is 262 g/mol. The first kappa shape index (κ1) is 13.1. The Hall–Kier alpha value is -2.37. The van der Waals surface area contributed by atoms with Crippen LogP contribution in [0.3, 0.4) is 0 Å². The molecule has 100 valence electrons. The molecule has 0 aliphatic heterocycles. The SMILES string of the molecule is CC[C@H](NC(=O)Cc1noc2ccccc12)C(=O)O. The summed E-state index contributed by atoms with van der Waals surface area (Å²) in [7, 11) is 0. The van der Waals surface area contributed by atoms with Gasteiger partial charge in [-0.05, 0) is 18.6 Å². The first-order chi connectivity index (χ1) is 9.11. The van der Waals surface area contributed by atoms with Crippen LogP contribution in [0, 0.1) is 0 Å². The number of aromatic nitrogens is 1. The van der Waals surface area contributed by atoms with E-state index in [9.17, 15) is 9.59 Å². The maximum absolute atomic E-state index is 11.8. The molecular formula is C13H14N2O4. The third-order valence-corrected chi connectivity index (χ3v) is 2.82. The van der Waals surface area contributed by atoms with E-state index in [1.807, 2.05) is 18.2 Å². The minimum Gasteiger partial charge on any atom is -0.480 e. The van der Waals surface area contributed by atoms with Gasteiger partial charge >= 0.3 is 5.97 Å². The minimum absolute atomic E-state index is 0.000787. The number of amides is 1. The molecule has 2 aromatic rings. The van der Waals surface area contributed by atoms with Crippen LogP contribution in [0.4, 0.5) is 0 Å². The van der Waals surface area contributed by atoms with Gasteiger partial charge in [-0.3, -0.25) is 4.79 Å². The summed E-state index contributed by atoms with van der Waals surface area (Å²) in [6, 6.07) is 6.34. The number of carboxylic acid groups (broad SMARTS) is 1. The molecule has 0 unspecified atom stereocenters. The van der Waals surface area contributed by atoms with E-state index >= 15 is 0 Å². The molecule has 1 atom stereocenters. The zero-order valence-electron chi connectivity index (χ0n) is 10.4. The Bertz CT molecular complexity index is 605. The van der Waals surface area contributed by atoms with E-state index < -0.39 is 12.0 Å². The molecule has 6 heteroatoms. The second-order valence-corrected chi connectivity index (χ2v) is 4.17. The van der Waals surface area contributed by atoms with Crippen molar-refractivity contribution in [3.05, 3.63) is 30.0 Å². The zero-order chi connectivity index (χ0) is 13.8. The van der Waals surface area contributed by atoms with Crippen LogP contribution in [-0.4, -0.2) is 28.2 Å². The fourth-order valence-electron chi connectivity index (χ4n) is 1.80. The number of benzene rings is 1. The number of hydrogen-bond acceptors (Lipinski definition) is 4. The summed E-state index contributed by atoms with van der Waals surface area (Å²) in [6.07, 6.45) is 0.335. The van der Waals surface area contributed by atoms with Crippen molar-refractivity contribution in [2.75, 3.05) is 0 Å². The topological polar surface area (TPSA) is 92.4 Å². The van der Waals surface area contributed by atoms with Gasteiger partial charge in [0.2, 0.25) is 5.91 Å². The summed E-state index contributed by atoms with van der Waals surface area (Å²) in [4.78, 5) is 22.6. The smallest absolute Gasteiger partial charge is 0.326 e. The first-order valence-corrected chi connectivity index (χ1v) is 5.97. The van der Waals surface area contributed by atoms with E-state index in [-0.39, 0.29) is 12.3 Å². The number of rotatable bonds is 5. The maximum Gasteiger partial charge on any atom is 0.326 e. The summed E-state index contributed by atoms with van der Waals surface area (Å²) in [5.74, 6) is -1.42. The highest BCUT2D eigenvalue weighted by Gasteiger charge is 2.19. The number of para-hydroxylation sites is 1. The molecule has 0 radical (unpaired) electrons. The molecule has 0 bridgehead atoms. The van der Waals surface area contributed by atoms with Gasteiger partial charge in [0.25, 0.3) is 0 Å². The number of nitrogens with zero attached hydrogens (tertiary/aromatic N) is 1.